The zero-order valence-electron chi connectivity index (χ0n) is 14.5. The molecular formula is C21H22N2OS. The Bertz CT molecular complexity index is 873. The summed E-state index contributed by atoms with van der Waals surface area (Å²) in [4.78, 5) is 13.4. The molecule has 4 heteroatoms. The fourth-order valence-electron chi connectivity index (χ4n) is 2.93. The van der Waals surface area contributed by atoms with Gasteiger partial charge in [0.15, 0.2) is 0 Å². The summed E-state index contributed by atoms with van der Waals surface area (Å²) in [6.45, 7) is 2.36. The molecular weight excluding hydrogens is 328 g/mol. The zero-order chi connectivity index (χ0) is 17.6. The molecule has 0 aliphatic heterocycles. The van der Waals surface area contributed by atoms with E-state index in [4.69, 9.17) is 0 Å². The van der Waals surface area contributed by atoms with Gasteiger partial charge in [0.05, 0.1) is 12.2 Å². The van der Waals surface area contributed by atoms with Crippen LogP contribution in [0, 0.1) is 0 Å². The average Bonchev–Trinajstić information content (AvgIpc) is 2.66. The molecule has 0 bridgehead atoms. The average molecular weight is 350 g/mol. The smallest absolute Gasteiger partial charge is 0.238 e. The van der Waals surface area contributed by atoms with Crippen LogP contribution < -0.4 is 10.6 Å². The Morgan fingerprint density at radius 2 is 1.72 bits per heavy atom. The number of para-hydroxylation sites is 1. The molecule has 0 spiro atoms. The second-order valence-corrected chi connectivity index (χ2v) is 6.77. The Morgan fingerprint density at radius 1 is 1.00 bits per heavy atom. The number of hydrogen-bond acceptors (Lipinski definition) is 3. The predicted molar refractivity (Wildman–Crippen MR) is 107 cm³/mol. The summed E-state index contributed by atoms with van der Waals surface area (Å²) in [6.07, 6.45) is 2.01. The summed E-state index contributed by atoms with van der Waals surface area (Å²) in [5, 5.41) is 8.75. The van der Waals surface area contributed by atoms with Crippen molar-refractivity contribution in [1.82, 2.24) is 5.32 Å². The van der Waals surface area contributed by atoms with Gasteiger partial charge >= 0.3 is 0 Å². The second kappa shape index (κ2) is 8.19. The van der Waals surface area contributed by atoms with Crippen LogP contribution in [0.3, 0.4) is 0 Å². The van der Waals surface area contributed by atoms with Crippen molar-refractivity contribution in [3.8, 4) is 0 Å². The third-order valence-electron chi connectivity index (χ3n) is 4.24. The van der Waals surface area contributed by atoms with Crippen LogP contribution >= 0.6 is 11.8 Å². The highest BCUT2D eigenvalue weighted by molar-refractivity contribution is 7.98. The molecule has 1 atom stereocenters. The molecule has 0 fully saturated rings. The molecule has 25 heavy (non-hydrogen) atoms. The lowest BCUT2D eigenvalue weighted by Crippen LogP contribution is -2.30. The summed E-state index contributed by atoms with van der Waals surface area (Å²) < 4.78 is 0. The Morgan fingerprint density at radius 3 is 2.56 bits per heavy atom. The van der Waals surface area contributed by atoms with E-state index < -0.39 is 0 Å². The lowest BCUT2D eigenvalue weighted by atomic mass is 10.00. The maximum Gasteiger partial charge on any atom is 0.238 e. The van der Waals surface area contributed by atoms with Crippen molar-refractivity contribution in [2.24, 2.45) is 0 Å². The summed E-state index contributed by atoms with van der Waals surface area (Å²) in [7, 11) is 0. The fraction of sp³-hybridized carbons (Fsp3) is 0.190. The molecule has 0 aliphatic carbocycles. The highest BCUT2D eigenvalue weighted by atomic mass is 32.2. The Balaban J connectivity index is 1.65. The largest absolute Gasteiger partial charge is 0.324 e. The first kappa shape index (κ1) is 17.5. The number of amides is 1. The SMILES string of the molecule is CSc1ccccc1NC(=O)CN[C@@H](C)c1cccc2ccccc12. The minimum absolute atomic E-state index is 0.0337. The maximum absolute atomic E-state index is 12.3. The molecule has 3 nitrogen and oxygen atoms in total. The third-order valence-corrected chi connectivity index (χ3v) is 5.04. The minimum atomic E-state index is -0.0337. The van der Waals surface area contributed by atoms with Crippen LogP contribution in [0.15, 0.2) is 71.6 Å². The summed E-state index contributed by atoms with van der Waals surface area (Å²) in [5.41, 5.74) is 2.06. The fourth-order valence-corrected chi connectivity index (χ4v) is 3.48. The number of nitrogens with one attached hydrogen (secondary N) is 2. The van der Waals surface area contributed by atoms with E-state index in [1.165, 1.54) is 16.3 Å². The number of benzene rings is 3. The van der Waals surface area contributed by atoms with E-state index in [9.17, 15) is 4.79 Å². The molecule has 3 rings (SSSR count). The van der Waals surface area contributed by atoms with Crippen LogP contribution in [0.25, 0.3) is 10.8 Å². The number of carbonyl (C=O) groups excluding carboxylic acids is 1. The van der Waals surface area contributed by atoms with Gasteiger partial charge in [-0.2, -0.15) is 0 Å². The Kier molecular flexibility index (Phi) is 5.74. The van der Waals surface area contributed by atoms with Crippen molar-refractivity contribution in [3.63, 3.8) is 0 Å². The number of anilines is 1. The monoisotopic (exact) mass is 350 g/mol. The molecule has 0 aromatic heterocycles. The van der Waals surface area contributed by atoms with Gasteiger partial charge in [0.2, 0.25) is 5.91 Å². The first-order valence-corrected chi connectivity index (χ1v) is 9.55. The van der Waals surface area contributed by atoms with Gasteiger partial charge in [0.25, 0.3) is 0 Å². The van der Waals surface area contributed by atoms with Gasteiger partial charge in [0.1, 0.15) is 0 Å². The Hall–Kier alpha value is -2.30. The van der Waals surface area contributed by atoms with Crippen LogP contribution in [-0.2, 0) is 4.79 Å². The maximum atomic E-state index is 12.3. The molecule has 2 N–H and O–H groups in total. The Labute approximate surface area is 152 Å². The summed E-state index contributed by atoms with van der Waals surface area (Å²) in [5.74, 6) is -0.0337. The van der Waals surface area contributed by atoms with E-state index in [2.05, 4.69) is 47.9 Å². The van der Waals surface area contributed by atoms with E-state index in [0.717, 1.165) is 10.6 Å². The van der Waals surface area contributed by atoms with E-state index >= 15 is 0 Å². The van der Waals surface area contributed by atoms with Gasteiger partial charge in [-0.05, 0) is 41.6 Å². The van der Waals surface area contributed by atoms with Crippen LogP contribution in [-0.4, -0.2) is 18.7 Å². The molecule has 0 unspecified atom stereocenters. The molecule has 0 aliphatic rings. The standard InChI is InChI=1S/C21H22N2OS/c1-15(17-11-7-9-16-8-3-4-10-18(16)17)22-14-21(24)23-19-12-5-6-13-20(19)25-2/h3-13,15,22H,14H2,1-2H3,(H,23,24)/t15-/m0/s1. The minimum Gasteiger partial charge on any atom is -0.324 e. The lowest BCUT2D eigenvalue weighted by Gasteiger charge is -2.17. The highest BCUT2D eigenvalue weighted by Crippen LogP contribution is 2.25. The first-order valence-electron chi connectivity index (χ1n) is 8.33. The van der Waals surface area contributed by atoms with E-state index in [1.54, 1.807) is 11.8 Å². The van der Waals surface area contributed by atoms with E-state index in [0.29, 0.717) is 0 Å². The van der Waals surface area contributed by atoms with Gasteiger partial charge in [-0.3, -0.25) is 4.79 Å². The molecule has 1 amide bonds. The van der Waals surface area contributed by atoms with Gasteiger partial charge in [-0.1, -0.05) is 54.6 Å². The normalized spacial score (nSPS) is 12.1. The predicted octanol–water partition coefficient (Wildman–Crippen LogP) is 4.85. The lowest BCUT2D eigenvalue weighted by molar-refractivity contribution is -0.115. The van der Waals surface area contributed by atoms with Crippen LogP contribution in [0.5, 0.6) is 0 Å². The second-order valence-electron chi connectivity index (χ2n) is 5.92. The molecule has 0 radical (unpaired) electrons. The number of rotatable bonds is 6. The van der Waals surface area contributed by atoms with Crippen molar-refractivity contribution in [1.29, 1.82) is 0 Å². The quantitative estimate of drug-likeness (QED) is 0.624. The van der Waals surface area contributed by atoms with E-state index in [1.807, 2.05) is 42.7 Å². The van der Waals surface area contributed by atoms with Crippen LogP contribution in [0.4, 0.5) is 5.69 Å². The first-order chi connectivity index (χ1) is 12.2. The molecule has 0 saturated heterocycles. The number of fused-ring (bicyclic) bond motifs is 1. The van der Waals surface area contributed by atoms with Crippen molar-refractivity contribution >= 4 is 34.1 Å². The molecule has 128 valence electrons. The number of thioether (sulfide) groups is 1. The number of carbonyl (C=O) groups is 1. The zero-order valence-corrected chi connectivity index (χ0v) is 15.3. The van der Waals surface area contributed by atoms with E-state index in [-0.39, 0.29) is 18.5 Å². The van der Waals surface area contributed by atoms with Crippen molar-refractivity contribution < 1.29 is 4.79 Å². The molecule has 0 heterocycles. The van der Waals surface area contributed by atoms with Gasteiger partial charge in [-0.25, -0.2) is 0 Å². The van der Waals surface area contributed by atoms with Gasteiger partial charge < -0.3 is 10.6 Å². The van der Waals surface area contributed by atoms with Crippen LogP contribution in [0.1, 0.15) is 18.5 Å². The van der Waals surface area contributed by atoms with Crippen molar-refractivity contribution in [2.45, 2.75) is 17.9 Å². The summed E-state index contributed by atoms with van der Waals surface area (Å²) >= 11 is 1.62. The third kappa shape index (κ3) is 4.21. The van der Waals surface area contributed by atoms with Gasteiger partial charge in [0, 0.05) is 10.9 Å². The summed E-state index contributed by atoms with van der Waals surface area (Å²) in [6, 6.07) is 22.5. The van der Waals surface area contributed by atoms with Crippen molar-refractivity contribution in [3.05, 3.63) is 72.3 Å². The number of hydrogen-bond donors (Lipinski definition) is 2. The van der Waals surface area contributed by atoms with Crippen LogP contribution in [0.2, 0.25) is 0 Å². The molecule has 0 saturated carbocycles. The molecule has 3 aromatic carbocycles. The highest BCUT2D eigenvalue weighted by Gasteiger charge is 2.11. The van der Waals surface area contributed by atoms with Crippen molar-refractivity contribution in [2.75, 3.05) is 18.1 Å². The van der Waals surface area contributed by atoms with Gasteiger partial charge in [-0.15, -0.1) is 11.8 Å². The molecule has 3 aromatic rings. The topological polar surface area (TPSA) is 41.1 Å².